The maximum atomic E-state index is 5.58. The van der Waals surface area contributed by atoms with E-state index < -0.39 is 0 Å². The fourth-order valence-corrected chi connectivity index (χ4v) is 0.734. The maximum absolute atomic E-state index is 5.58. The van der Waals surface area contributed by atoms with Crippen LogP contribution in [0.25, 0.3) is 0 Å². The van der Waals surface area contributed by atoms with E-state index in [1.165, 1.54) is 0 Å². The van der Waals surface area contributed by atoms with Crippen LogP contribution in [0, 0.1) is 0 Å². The third-order valence-corrected chi connectivity index (χ3v) is 1.28. The Bertz CT molecular complexity index is 226. The number of aliphatic imine (C=N–C) groups is 1. The third kappa shape index (κ3) is 2.11. The van der Waals surface area contributed by atoms with Gasteiger partial charge in [-0.15, -0.1) is 0 Å². The van der Waals surface area contributed by atoms with Crippen molar-refractivity contribution in [1.29, 1.82) is 0 Å². The van der Waals surface area contributed by atoms with Gasteiger partial charge in [-0.05, 0) is 18.6 Å². The molecule has 1 aromatic heterocycles. The lowest BCUT2D eigenvalue weighted by atomic mass is 10.4. The second-order valence-corrected chi connectivity index (χ2v) is 2.24. The van der Waals surface area contributed by atoms with Crippen LogP contribution in [0.5, 0.6) is 0 Å². The summed E-state index contributed by atoms with van der Waals surface area (Å²) < 4.78 is 5.04. The highest BCUT2D eigenvalue weighted by Gasteiger charge is 1.98. The molecule has 0 radical (unpaired) electrons. The number of hydrogen-bond acceptors (Lipinski definition) is 2. The van der Waals surface area contributed by atoms with E-state index in [-0.39, 0.29) is 0 Å². The van der Waals surface area contributed by atoms with Gasteiger partial charge in [0.25, 0.3) is 0 Å². The predicted molar refractivity (Wildman–Crippen MR) is 44.6 cm³/mol. The van der Waals surface area contributed by atoms with Gasteiger partial charge in [-0.25, -0.2) is 0 Å². The van der Waals surface area contributed by atoms with E-state index in [9.17, 15) is 0 Å². The minimum atomic E-state index is 0.483. The average Bonchev–Trinajstić information content (AvgIpc) is 2.52. The molecule has 3 nitrogen and oxygen atoms in total. The Labute approximate surface area is 65.9 Å². The highest BCUT2D eigenvalue weighted by molar-refractivity contribution is 5.94. The van der Waals surface area contributed by atoms with E-state index in [1.807, 2.05) is 0 Å². The minimum absolute atomic E-state index is 0.483. The van der Waals surface area contributed by atoms with E-state index in [4.69, 9.17) is 10.2 Å². The first-order valence-electron chi connectivity index (χ1n) is 3.68. The van der Waals surface area contributed by atoms with E-state index in [0.29, 0.717) is 11.6 Å². The van der Waals surface area contributed by atoms with Crippen molar-refractivity contribution < 1.29 is 4.42 Å². The van der Waals surface area contributed by atoms with Gasteiger partial charge in [0.1, 0.15) is 0 Å². The van der Waals surface area contributed by atoms with Crippen molar-refractivity contribution in [2.75, 3.05) is 6.54 Å². The molecule has 0 amide bonds. The lowest BCUT2D eigenvalue weighted by Gasteiger charge is -1.93. The Balaban J connectivity index is 2.62. The second kappa shape index (κ2) is 3.81. The highest BCUT2D eigenvalue weighted by Crippen LogP contribution is 1.98. The first kappa shape index (κ1) is 7.85. The van der Waals surface area contributed by atoms with E-state index in [2.05, 4.69) is 11.9 Å². The topological polar surface area (TPSA) is 51.5 Å². The molecule has 1 aromatic rings. The minimum Gasteiger partial charge on any atom is -0.461 e. The molecule has 0 aliphatic heterocycles. The SMILES string of the molecule is CCCN=C(N)c1ccco1. The lowest BCUT2D eigenvalue weighted by molar-refractivity contribution is 0.556. The maximum Gasteiger partial charge on any atom is 0.168 e. The molecule has 0 spiro atoms. The van der Waals surface area contributed by atoms with Crippen molar-refractivity contribution >= 4 is 5.84 Å². The number of amidine groups is 1. The summed E-state index contributed by atoms with van der Waals surface area (Å²) in [6.07, 6.45) is 2.59. The fraction of sp³-hybridized carbons (Fsp3) is 0.375. The molecule has 0 saturated heterocycles. The summed E-state index contributed by atoms with van der Waals surface area (Å²) in [5.74, 6) is 1.13. The summed E-state index contributed by atoms with van der Waals surface area (Å²) in [6, 6.07) is 3.60. The van der Waals surface area contributed by atoms with Gasteiger partial charge in [-0.1, -0.05) is 6.92 Å². The van der Waals surface area contributed by atoms with Gasteiger partial charge in [0.15, 0.2) is 11.6 Å². The monoisotopic (exact) mass is 152 g/mol. The average molecular weight is 152 g/mol. The Hall–Kier alpha value is -1.25. The number of nitrogens with zero attached hydrogens (tertiary/aromatic N) is 1. The van der Waals surface area contributed by atoms with Crippen LogP contribution in [0.15, 0.2) is 27.8 Å². The Morgan fingerprint density at radius 3 is 3.09 bits per heavy atom. The molecule has 0 aliphatic carbocycles. The van der Waals surface area contributed by atoms with E-state index in [0.717, 1.165) is 13.0 Å². The summed E-state index contributed by atoms with van der Waals surface area (Å²) in [5, 5.41) is 0. The van der Waals surface area contributed by atoms with Crippen molar-refractivity contribution in [3.05, 3.63) is 24.2 Å². The van der Waals surface area contributed by atoms with Crippen molar-refractivity contribution in [2.45, 2.75) is 13.3 Å². The van der Waals surface area contributed by atoms with E-state index >= 15 is 0 Å². The van der Waals surface area contributed by atoms with E-state index in [1.54, 1.807) is 18.4 Å². The quantitative estimate of drug-likeness (QED) is 0.525. The molecule has 0 unspecified atom stereocenters. The van der Waals surface area contributed by atoms with Crippen LogP contribution < -0.4 is 5.73 Å². The van der Waals surface area contributed by atoms with Crippen LogP contribution in [0.1, 0.15) is 19.1 Å². The molecule has 0 aromatic carbocycles. The molecule has 1 rings (SSSR count). The third-order valence-electron chi connectivity index (χ3n) is 1.28. The molecule has 3 heteroatoms. The van der Waals surface area contributed by atoms with Crippen molar-refractivity contribution in [1.82, 2.24) is 0 Å². The number of furan rings is 1. The van der Waals surface area contributed by atoms with Crippen LogP contribution in [-0.4, -0.2) is 12.4 Å². The number of nitrogens with two attached hydrogens (primary N) is 1. The first-order chi connectivity index (χ1) is 5.34. The molecule has 1 heterocycles. The smallest absolute Gasteiger partial charge is 0.168 e. The summed E-state index contributed by atoms with van der Waals surface area (Å²) in [7, 11) is 0. The Morgan fingerprint density at radius 2 is 2.55 bits per heavy atom. The zero-order valence-electron chi connectivity index (χ0n) is 6.58. The van der Waals surface area contributed by atoms with Crippen molar-refractivity contribution in [2.24, 2.45) is 10.7 Å². The normalized spacial score (nSPS) is 11.9. The van der Waals surface area contributed by atoms with Crippen LogP contribution in [0.4, 0.5) is 0 Å². The summed E-state index contributed by atoms with van der Waals surface area (Å²) >= 11 is 0. The van der Waals surface area contributed by atoms with Gasteiger partial charge < -0.3 is 10.2 Å². The first-order valence-corrected chi connectivity index (χ1v) is 3.68. The zero-order valence-corrected chi connectivity index (χ0v) is 6.58. The molecular formula is C8H12N2O. The summed E-state index contributed by atoms with van der Waals surface area (Å²) in [4.78, 5) is 4.09. The Morgan fingerprint density at radius 1 is 1.73 bits per heavy atom. The molecule has 0 bridgehead atoms. The molecule has 0 aliphatic rings. The van der Waals surface area contributed by atoms with Crippen molar-refractivity contribution in [3.63, 3.8) is 0 Å². The van der Waals surface area contributed by atoms with Crippen molar-refractivity contribution in [3.8, 4) is 0 Å². The van der Waals surface area contributed by atoms with Gasteiger partial charge in [0.2, 0.25) is 0 Å². The largest absolute Gasteiger partial charge is 0.461 e. The zero-order chi connectivity index (χ0) is 8.10. The van der Waals surface area contributed by atoms with Crippen LogP contribution >= 0.6 is 0 Å². The van der Waals surface area contributed by atoms with Gasteiger partial charge >= 0.3 is 0 Å². The van der Waals surface area contributed by atoms with Gasteiger partial charge in [-0.3, -0.25) is 4.99 Å². The molecule has 11 heavy (non-hydrogen) atoms. The van der Waals surface area contributed by atoms with Gasteiger partial charge in [-0.2, -0.15) is 0 Å². The molecular weight excluding hydrogens is 140 g/mol. The summed E-state index contributed by atoms with van der Waals surface area (Å²) in [6.45, 7) is 2.81. The van der Waals surface area contributed by atoms with Crippen LogP contribution in [0.3, 0.4) is 0 Å². The Kier molecular flexibility index (Phi) is 2.72. The molecule has 60 valence electrons. The molecule has 0 fully saturated rings. The molecule has 2 N–H and O–H groups in total. The molecule has 0 saturated carbocycles. The fourth-order valence-electron chi connectivity index (χ4n) is 0.734. The predicted octanol–water partition coefficient (Wildman–Crippen LogP) is 1.39. The summed E-state index contributed by atoms with van der Waals surface area (Å²) in [5.41, 5.74) is 5.58. The van der Waals surface area contributed by atoms with Gasteiger partial charge in [0, 0.05) is 6.54 Å². The lowest BCUT2D eigenvalue weighted by Crippen LogP contribution is -2.12. The van der Waals surface area contributed by atoms with Crippen LogP contribution in [0.2, 0.25) is 0 Å². The second-order valence-electron chi connectivity index (χ2n) is 2.24. The van der Waals surface area contributed by atoms with Gasteiger partial charge in [0.05, 0.1) is 6.26 Å². The van der Waals surface area contributed by atoms with Crippen LogP contribution in [-0.2, 0) is 0 Å². The number of hydrogen-bond donors (Lipinski definition) is 1. The molecule has 0 atom stereocenters. The standard InChI is InChI=1S/C8H12N2O/c1-2-5-10-8(9)7-4-3-6-11-7/h3-4,6H,2,5H2,1H3,(H2,9,10). The highest BCUT2D eigenvalue weighted by atomic mass is 16.3. The number of rotatable bonds is 3.